The summed E-state index contributed by atoms with van der Waals surface area (Å²) < 4.78 is 21.4. The van der Waals surface area contributed by atoms with Crippen molar-refractivity contribution in [1.82, 2.24) is 10.6 Å². The highest BCUT2D eigenvalue weighted by Gasteiger charge is 2.05. The Kier molecular flexibility index (Phi) is 13.8. The molecule has 0 aliphatic heterocycles. The fourth-order valence-electron chi connectivity index (χ4n) is 2.80. The van der Waals surface area contributed by atoms with Crippen molar-refractivity contribution in [3.8, 4) is 11.5 Å². The minimum absolute atomic E-state index is 0. The van der Waals surface area contributed by atoms with Gasteiger partial charge in [-0.25, -0.2) is 0 Å². The molecule has 2 aromatic rings. The van der Waals surface area contributed by atoms with Crippen LogP contribution in [0.1, 0.15) is 24.7 Å². The van der Waals surface area contributed by atoms with E-state index in [1.165, 1.54) is 5.56 Å². The summed E-state index contributed by atoms with van der Waals surface area (Å²) in [4.78, 5) is 4.65. The molecule has 0 amide bonds. The number of halogens is 1. The summed E-state index contributed by atoms with van der Waals surface area (Å²) in [6, 6.07) is 9.86. The first-order valence-corrected chi connectivity index (χ1v) is 10.1. The molecule has 168 valence electrons. The number of ether oxygens (including phenoxy) is 3. The molecule has 2 N–H and O–H groups in total. The van der Waals surface area contributed by atoms with E-state index in [0.717, 1.165) is 68.8 Å². The lowest BCUT2D eigenvalue weighted by molar-refractivity contribution is 0.146. The number of hydrogen-bond donors (Lipinski definition) is 2. The Morgan fingerprint density at radius 2 is 1.80 bits per heavy atom. The first-order chi connectivity index (χ1) is 14.3. The highest BCUT2D eigenvalue weighted by Crippen LogP contribution is 2.27. The van der Waals surface area contributed by atoms with E-state index < -0.39 is 0 Å². The number of rotatable bonds is 13. The van der Waals surface area contributed by atoms with Crippen LogP contribution in [0.3, 0.4) is 0 Å². The Labute approximate surface area is 196 Å². The molecule has 0 saturated heterocycles. The number of guanidine groups is 1. The Morgan fingerprint density at radius 1 is 1.03 bits per heavy atom. The van der Waals surface area contributed by atoms with Gasteiger partial charge in [0.2, 0.25) is 0 Å². The quantitative estimate of drug-likeness (QED) is 0.178. The van der Waals surface area contributed by atoms with Gasteiger partial charge in [-0.15, -0.1) is 24.0 Å². The van der Waals surface area contributed by atoms with E-state index in [1.807, 2.05) is 37.3 Å². The highest BCUT2D eigenvalue weighted by atomic mass is 127. The Balaban J connectivity index is 0.00000450. The summed E-state index contributed by atoms with van der Waals surface area (Å²) >= 11 is 0. The minimum atomic E-state index is 0. The van der Waals surface area contributed by atoms with E-state index in [4.69, 9.17) is 18.6 Å². The summed E-state index contributed by atoms with van der Waals surface area (Å²) in [6.45, 7) is 5.69. The van der Waals surface area contributed by atoms with Gasteiger partial charge in [0.15, 0.2) is 17.5 Å². The van der Waals surface area contributed by atoms with Crippen LogP contribution in [0.5, 0.6) is 11.5 Å². The van der Waals surface area contributed by atoms with Crippen LogP contribution in [-0.4, -0.2) is 53.0 Å². The molecule has 8 heteroatoms. The number of methoxy groups -OCH3 is 2. The maximum absolute atomic E-state index is 5.38. The third-order valence-corrected chi connectivity index (χ3v) is 4.32. The lowest BCUT2D eigenvalue weighted by atomic mass is 10.1. The zero-order valence-electron chi connectivity index (χ0n) is 18.1. The second kappa shape index (κ2) is 15.8. The second-order valence-corrected chi connectivity index (χ2v) is 6.40. The average Bonchev–Trinajstić information content (AvgIpc) is 3.26. The van der Waals surface area contributed by atoms with E-state index in [2.05, 4.69) is 15.6 Å². The molecule has 0 bridgehead atoms. The molecule has 0 unspecified atom stereocenters. The predicted molar refractivity (Wildman–Crippen MR) is 130 cm³/mol. The maximum Gasteiger partial charge on any atom is 0.191 e. The van der Waals surface area contributed by atoms with Crippen molar-refractivity contribution in [3.05, 3.63) is 47.9 Å². The van der Waals surface area contributed by atoms with Crippen molar-refractivity contribution >= 4 is 29.9 Å². The summed E-state index contributed by atoms with van der Waals surface area (Å²) in [5, 5.41) is 6.77. The van der Waals surface area contributed by atoms with Gasteiger partial charge in [-0.1, -0.05) is 6.07 Å². The van der Waals surface area contributed by atoms with Gasteiger partial charge in [-0.3, -0.25) is 4.99 Å². The molecular weight excluding hydrogens is 497 g/mol. The van der Waals surface area contributed by atoms with Gasteiger partial charge in [0.25, 0.3) is 0 Å². The third-order valence-electron chi connectivity index (χ3n) is 4.32. The first kappa shape index (κ1) is 26.1. The van der Waals surface area contributed by atoms with Crippen LogP contribution in [0.2, 0.25) is 0 Å². The zero-order chi connectivity index (χ0) is 20.7. The smallest absolute Gasteiger partial charge is 0.191 e. The lowest BCUT2D eigenvalue weighted by Crippen LogP contribution is -2.39. The first-order valence-electron chi connectivity index (χ1n) is 10.1. The summed E-state index contributed by atoms with van der Waals surface area (Å²) in [6.07, 6.45) is 4.24. The molecule has 1 aromatic carbocycles. The van der Waals surface area contributed by atoms with Crippen LogP contribution < -0.4 is 20.1 Å². The van der Waals surface area contributed by atoms with Gasteiger partial charge in [-0.05, 0) is 49.6 Å². The molecular formula is C22H34IN3O4. The van der Waals surface area contributed by atoms with Gasteiger partial charge in [-0.2, -0.15) is 0 Å². The summed E-state index contributed by atoms with van der Waals surface area (Å²) in [7, 11) is 3.29. The van der Waals surface area contributed by atoms with E-state index in [1.54, 1.807) is 20.5 Å². The normalized spacial score (nSPS) is 11.0. The van der Waals surface area contributed by atoms with Crippen molar-refractivity contribution in [2.75, 3.05) is 47.1 Å². The number of benzene rings is 1. The molecule has 30 heavy (non-hydrogen) atoms. The Hall–Kier alpha value is -1.94. The van der Waals surface area contributed by atoms with E-state index in [-0.39, 0.29) is 24.0 Å². The molecule has 0 saturated carbocycles. The topological polar surface area (TPSA) is 77.2 Å². The summed E-state index contributed by atoms with van der Waals surface area (Å²) in [5.41, 5.74) is 1.17. The maximum atomic E-state index is 5.38. The SMILES string of the molecule is CCOCCCN=C(NCCc1ccc(OC)c(OC)c1)NCCc1ccco1.I. The van der Waals surface area contributed by atoms with E-state index in [9.17, 15) is 0 Å². The molecule has 0 aliphatic rings. The minimum Gasteiger partial charge on any atom is -0.493 e. The van der Waals surface area contributed by atoms with Crippen LogP contribution in [0.25, 0.3) is 0 Å². The molecule has 1 aromatic heterocycles. The predicted octanol–water partition coefficient (Wildman–Crippen LogP) is 3.66. The van der Waals surface area contributed by atoms with Crippen molar-refractivity contribution in [1.29, 1.82) is 0 Å². The molecule has 0 atom stereocenters. The summed E-state index contributed by atoms with van der Waals surface area (Å²) in [5.74, 6) is 3.23. The van der Waals surface area contributed by atoms with Crippen LogP contribution in [0.15, 0.2) is 46.0 Å². The van der Waals surface area contributed by atoms with E-state index >= 15 is 0 Å². The molecule has 7 nitrogen and oxygen atoms in total. The number of aliphatic imine (C=N–C) groups is 1. The number of furan rings is 1. The standard InChI is InChI=1S/C22H33N3O4.HI/c1-4-28-15-6-12-23-22(25-14-11-19-7-5-16-29-19)24-13-10-18-8-9-20(26-2)21(17-18)27-3;/h5,7-9,16-17H,4,6,10-15H2,1-3H3,(H2,23,24,25);1H. The van der Waals surface area contributed by atoms with Crippen LogP contribution in [-0.2, 0) is 17.6 Å². The molecule has 2 rings (SSSR count). The van der Waals surface area contributed by atoms with Crippen LogP contribution >= 0.6 is 24.0 Å². The Morgan fingerprint density at radius 3 is 2.47 bits per heavy atom. The fourth-order valence-corrected chi connectivity index (χ4v) is 2.80. The van der Waals surface area contributed by atoms with Crippen LogP contribution in [0, 0.1) is 0 Å². The van der Waals surface area contributed by atoms with Crippen molar-refractivity contribution in [2.24, 2.45) is 4.99 Å². The molecule has 0 aliphatic carbocycles. The van der Waals surface area contributed by atoms with Gasteiger partial charge >= 0.3 is 0 Å². The van der Waals surface area contributed by atoms with Crippen molar-refractivity contribution in [3.63, 3.8) is 0 Å². The molecule has 1 heterocycles. The molecule has 0 spiro atoms. The van der Waals surface area contributed by atoms with Crippen LogP contribution in [0.4, 0.5) is 0 Å². The number of nitrogens with one attached hydrogen (secondary N) is 2. The second-order valence-electron chi connectivity index (χ2n) is 6.40. The van der Waals surface area contributed by atoms with Crippen molar-refractivity contribution in [2.45, 2.75) is 26.2 Å². The monoisotopic (exact) mass is 531 g/mol. The largest absolute Gasteiger partial charge is 0.493 e. The lowest BCUT2D eigenvalue weighted by Gasteiger charge is -2.13. The molecule has 0 fully saturated rings. The van der Waals surface area contributed by atoms with E-state index in [0.29, 0.717) is 6.54 Å². The Bertz CT molecular complexity index is 723. The molecule has 0 radical (unpaired) electrons. The zero-order valence-corrected chi connectivity index (χ0v) is 20.4. The van der Waals surface area contributed by atoms with Gasteiger partial charge in [0.05, 0.1) is 20.5 Å². The van der Waals surface area contributed by atoms with Crippen molar-refractivity contribution < 1.29 is 18.6 Å². The number of hydrogen-bond acceptors (Lipinski definition) is 5. The highest BCUT2D eigenvalue weighted by molar-refractivity contribution is 14.0. The van der Waals surface area contributed by atoms with Gasteiger partial charge in [0, 0.05) is 39.3 Å². The third kappa shape index (κ3) is 9.71. The average molecular weight is 531 g/mol. The van der Waals surface area contributed by atoms with Gasteiger partial charge in [0.1, 0.15) is 5.76 Å². The fraction of sp³-hybridized carbons (Fsp3) is 0.500. The van der Waals surface area contributed by atoms with Gasteiger partial charge < -0.3 is 29.3 Å². The number of nitrogens with zero attached hydrogens (tertiary/aromatic N) is 1.